The van der Waals surface area contributed by atoms with Gasteiger partial charge in [0.25, 0.3) is 5.91 Å². The summed E-state index contributed by atoms with van der Waals surface area (Å²) in [4.78, 5) is 28.0. The lowest BCUT2D eigenvalue weighted by Crippen LogP contribution is -2.47. The molecule has 1 fully saturated rings. The molecule has 1 saturated heterocycles. The van der Waals surface area contributed by atoms with E-state index >= 15 is 0 Å². The smallest absolute Gasteiger partial charge is 0.261 e. The van der Waals surface area contributed by atoms with Crippen LogP contribution in [0.25, 0.3) is 0 Å². The van der Waals surface area contributed by atoms with Gasteiger partial charge in [0.1, 0.15) is 11.8 Å². The summed E-state index contributed by atoms with van der Waals surface area (Å²) in [6.07, 6.45) is 1.59. The maximum absolute atomic E-state index is 12.6. The van der Waals surface area contributed by atoms with E-state index in [-0.39, 0.29) is 24.5 Å². The largest absolute Gasteiger partial charge is 0.483 e. The molecule has 0 spiro atoms. The van der Waals surface area contributed by atoms with E-state index in [9.17, 15) is 9.59 Å². The Hall–Kier alpha value is -2.04. The van der Waals surface area contributed by atoms with Crippen LogP contribution < -0.4 is 4.74 Å². The van der Waals surface area contributed by atoms with E-state index in [4.69, 9.17) is 4.74 Å². The fraction of sp³-hybridized carbons (Fsp3) is 0.579. The van der Waals surface area contributed by atoms with Crippen LogP contribution in [-0.2, 0) is 9.59 Å². The SMILES string of the molecule is Cc1ccc(C(C)C)c(OCC(=O)N2CCCC2C(=O)N(C)C)c1. The lowest BCUT2D eigenvalue weighted by atomic mass is 10.0. The Labute approximate surface area is 144 Å². The van der Waals surface area contributed by atoms with E-state index in [0.29, 0.717) is 12.5 Å². The molecule has 0 radical (unpaired) electrons. The van der Waals surface area contributed by atoms with Crippen molar-refractivity contribution >= 4 is 11.8 Å². The van der Waals surface area contributed by atoms with E-state index in [1.54, 1.807) is 23.9 Å². The Morgan fingerprint density at radius 1 is 1.33 bits per heavy atom. The van der Waals surface area contributed by atoms with Gasteiger partial charge in [-0.25, -0.2) is 0 Å². The molecular formula is C19H28N2O3. The Morgan fingerprint density at radius 2 is 2.04 bits per heavy atom. The first-order valence-electron chi connectivity index (χ1n) is 8.55. The van der Waals surface area contributed by atoms with Gasteiger partial charge in [0.15, 0.2) is 6.61 Å². The van der Waals surface area contributed by atoms with Gasteiger partial charge in [0.2, 0.25) is 5.91 Å². The molecular weight excluding hydrogens is 304 g/mol. The maximum atomic E-state index is 12.6. The van der Waals surface area contributed by atoms with E-state index in [1.165, 1.54) is 0 Å². The Bertz CT molecular complexity index is 611. The van der Waals surface area contributed by atoms with Gasteiger partial charge in [-0.2, -0.15) is 0 Å². The lowest BCUT2D eigenvalue weighted by Gasteiger charge is -2.26. The number of amides is 2. The van der Waals surface area contributed by atoms with Gasteiger partial charge in [-0.3, -0.25) is 9.59 Å². The molecule has 1 aromatic rings. The van der Waals surface area contributed by atoms with Crippen molar-refractivity contribution in [2.24, 2.45) is 0 Å². The minimum absolute atomic E-state index is 0.0146. The Kier molecular flexibility index (Phi) is 5.86. The first-order valence-corrected chi connectivity index (χ1v) is 8.55. The molecule has 1 heterocycles. The molecule has 0 saturated carbocycles. The predicted molar refractivity (Wildman–Crippen MR) is 94.2 cm³/mol. The molecule has 5 nitrogen and oxygen atoms in total. The van der Waals surface area contributed by atoms with Gasteiger partial charge < -0.3 is 14.5 Å². The number of ether oxygens (including phenoxy) is 1. The molecule has 5 heteroatoms. The summed E-state index contributed by atoms with van der Waals surface area (Å²) in [5.41, 5.74) is 2.19. The first-order chi connectivity index (χ1) is 11.3. The molecule has 1 aromatic carbocycles. The minimum Gasteiger partial charge on any atom is -0.483 e. The number of likely N-dealkylation sites (N-methyl/N-ethyl adjacent to an activating group) is 1. The zero-order valence-corrected chi connectivity index (χ0v) is 15.3. The van der Waals surface area contributed by atoms with Crippen LogP contribution in [0, 0.1) is 6.92 Å². The minimum atomic E-state index is -0.349. The fourth-order valence-electron chi connectivity index (χ4n) is 3.09. The van der Waals surface area contributed by atoms with Crippen molar-refractivity contribution in [3.8, 4) is 5.75 Å². The molecule has 0 bridgehead atoms. The highest BCUT2D eigenvalue weighted by molar-refractivity contribution is 5.88. The molecule has 2 amide bonds. The topological polar surface area (TPSA) is 49.9 Å². The summed E-state index contributed by atoms with van der Waals surface area (Å²) in [6, 6.07) is 5.72. The summed E-state index contributed by atoms with van der Waals surface area (Å²) in [5, 5.41) is 0. The standard InChI is InChI=1S/C19H28N2O3/c1-13(2)15-9-8-14(3)11-17(15)24-12-18(22)21-10-6-7-16(21)19(23)20(4)5/h8-9,11,13,16H,6-7,10,12H2,1-5H3. The zero-order chi connectivity index (χ0) is 17.9. The van der Waals surface area contributed by atoms with E-state index in [2.05, 4.69) is 19.9 Å². The zero-order valence-electron chi connectivity index (χ0n) is 15.3. The maximum Gasteiger partial charge on any atom is 0.261 e. The number of hydrogen-bond acceptors (Lipinski definition) is 3. The van der Waals surface area contributed by atoms with Crippen molar-refractivity contribution in [1.82, 2.24) is 9.80 Å². The molecule has 0 aromatic heterocycles. The van der Waals surface area contributed by atoms with Crippen LogP contribution in [-0.4, -0.2) is 54.9 Å². The third-order valence-corrected chi connectivity index (χ3v) is 4.44. The Balaban J connectivity index is 2.05. The van der Waals surface area contributed by atoms with Crippen molar-refractivity contribution < 1.29 is 14.3 Å². The molecule has 0 N–H and O–H groups in total. The average Bonchev–Trinajstić information content (AvgIpc) is 3.00. The second-order valence-corrected chi connectivity index (χ2v) is 6.96. The monoisotopic (exact) mass is 332 g/mol. The molecule has 1 atom stereocenters. The second-order valence-electron chi connectivity index (χ2n) is 6.96. The van der Waals surface area contributed by atoms with Crippen LogP contribution in [0.4, 0.5) is 0 Å². The van der Waals surface area contributed by atoms with E-state index in [1.807, 2.05) is 19.1 Å². The highest BCUT2D eigenvalue weighted by atomic mass is 16.5. The van der Waals surface area contributed by atoms with Gasteiger partial charge in [-0.05, 0) is 42.9 Å². The van der Waals surface area contributed by atoms with Gasteiger partial charge in [-0.15, -0.1) is 0 Å². The predicted octanol–water partition coefficient (Wildman–Crippen LogP) is 2.58. The van der Waals surface area contributed by atoms with Crippen LogP contribution in [0.2, 0.25) is 0 Å². The van der Waals surface area contributed by atoms with Crippen LogP contribution in [0.15, 0.2) is 18.2 Å². The molecule has 1 aliphatic heterocycles. The highest BCUT2D eigenvalue weighted by Crippen LogP contribution is 2.28. The average molecular weight is 332 g/mol. The van der Waals surface area contributed by atoms with Crippen molar-refractivity contribution in [2.45, 2.75) is 45.6 Å². The quantitative estimate of drug-likeness (QED) is 0.833. The third kappa shape index (κ3) is 4.08. The summed E-state index contributed by atoms with van der Waals surface area (Å²) >= 11 is 0. The Morgan fingerprint density at radius 3 is 2.67 bits per heavy atom. The molecule has 24 heavy (non-hydrogen) atoms. The number of likely N-dealkylation sites (tertiary alicyclic amines) is 1. The van der Waals surface area contributed by atoms with Gasteiger partial charge in [-0.1, -0.05) is 26.0 Å². The lowest BCUT2D eigenvalue weighted by molar-refractivity contribution is -0.143. The van der Waals surface area contributed by atoms with Crippen LogP contribution in [0.5, 0.6) is 5.75 Å². The summed E-state index contributed by atoms with van der Waals surface area (Å²) in [6.45, 7) is 6.81. The van der Waals surface area contributed by atoms with Crippen molar-refractivity contribution in [2.75, 3.05) is 27.2 Å². The normalized spacial score (nSPS) is 17.2. The first kappa shape index (κ1) is 18.3. The number of benzene rings is 1. The molecule has 132 valence electrons. The number of carbonyl (C=O) groups is 2. The second kappa shape index (κ2) is 7.69. The van der Waals surface area contributed by atoms with Gasteiger partial charge >= 0.3 is 0 Å². The number of nitrogens with zero attached hydrogens (tertiary/aromatic N) is 2. The van der Waals surface area contributed by atoms with E-state index < -0.39 is 0 Å². The fourth-order valence-corrected chi connectivity index (χ4v) is 3.09. The molecule has 0 aliphatic carbocycles. The van der Waals surface area contributed by atoms with Gasteiger partial charge in [0.05, 0.1) is 0 Å². The van der Waals surface area contributed by atoms with Crippen LogP contribution in [0.3, 0.4) is 0 Å². The number of hydrogen-bond donors (Lipinski definition) is 0. The molecule has 2 rings (SSSR count). The van der Waals surface area contributed by atoms with Crippen molar-refractivity contribution in [1.29, 1.82) is 0 Å². The summed E-state index contributed by atoms with van der Waals surface area (Å²) in [5.74, 6) is 0.946. The summed E-state index contributed by atoms with van der Waals surface area (Å²) in [7, 11) is 3.45. The number of carbonyl (C=O) groups excluding carboxylic acids is 2. The molecule has 1 unspecified atom stereocenters. The van der Waals surface area contributed by atoms with Crippen molar-refractivity contribution in [3.05, 3.63) is 29.3 Å². The van der Waals surface area contributed by atoms with Gasteiger partial charge in [0, 0.05) is 20.6 Å². The van der Waals surface area contributed by atoms with Crippen LogP contribution >= 0.6 is 0 Å². The van der Waals surface area contributed by atoms with Crippen LogP contribution in [0.1, 0.15) is 43.7 Å². The number of rotatable bonds is 5. The number of aryl methyl sites for hydroxylation is 1. The molecule has 1 aliphatic rings. The van der Waals surface area contributed by atoms with Crippen molar-refractivity contribution in [3.63, 3.8) is 0 Å². The van der Waals surface area contributed by atoms with E-state index in [0.717, 1.165) is 29.7 Å². The third-order valence-electron chi connectivity index (χ3n) is 4.44. The highest BCUT2D eigenvalue weighted by Gasteiger charge is 2.35. The summed E-state index contributed by atoms with van der Waals surface area (Å²) < 4.78 is 5.83.